The first-order valence-corrected chi connectivity index (χ1v) is 13.6. The second kappa shape index (κ2) is 17.4. The van der Waals surface area contributed by atoms with Crippen LogP contribution in [-0.2, 0) is 25.6 Å². The highest BCUT2D eigenvalue weighted by Gasteiger charge is 2.27. The molecule has 0 radical (unpaired) electrons. The van der Waals surface area contributed by atoms with Gasteiger partial charge in [-0.3, -0.25) is 38.8 Å². The van der Waals surface area contributed by atoms with E-state index in [4.69, 9.17) is 4.74 Å². The Morgan fingerprint density at radius 3 is 1.52 bits per heavy atom. The maximum Gasteiger partial charge on any atom is 0.320 e. The van der Waals surface area contributed by atoms with Gasteiger partial charge in [-0.15, -0.1) is 0 Å². The minimum atomic E-state index is -1.03. The number of benzene rings is 1. The largest absolute Gasteiger partial charge is 0.494 e. The van der Waals surface area contributed by atoms with Gasteiger partial charge in [0.2, 0.25) is 0 Å². The van der Waals surface area contributed by atoms with Crippen LogP contribution in [-0.4, -0.2) is 149 Å². The Morgan fingerprint density at radius 1 is 0.725 bits per heavy atom. The number of nitrogens with zero attached hydrogens (tertiary/aromatic N) is 4. The van der Waals surface area contributed by atoms with E-state index in [1.54, 1.807) is 19.6 Å². The predicted octanol–water partition coefficient (Wildman–Crippen LogP) is 0.337. The molecule has 224 valence electrons. The van der Waals surface area contributed by atoms with Crippen LogP contribution in [0, 0.1) is 0 Å². The predicted molar refractivity (Wildman–Crippen MR) is 146 cm³/mol. The summed E-state index contributed by atoms with van der Waals surface area (Å²) in [6, 6.07) is 6.86. The zero-order valence-corrected chi connectivity index (χ0v) is 23.1. The molecule has 0 amide bonds. The molecule has 1 aromatic carbocycles. The van der Waals surface area contributed by atoms with Crippen molar-refractivity contribution in [1.29, 1.82) is 0 Å². The quantitative estimate of drug-likeness (QED) is 0.243. The fraction of sp³-hybridized carbons (Fsp3) is 0.630. The van der Waals surface area contributed by atoms with Crippen molar-refractivity contribution in [3.8, 4) is 5.75 Å². The van der Waals surface area contributed by atoms with E-state index in [9.17, 15) is 39.6 Å². The molecule has 40 heavy (non-hydrogen) atoms. The summed E-state index contributed by atoms with van der Waals surface area (Å²) >= 11 is 0. The summed E-state index contributed by atoms with van der Waals surface area (Å²) in [4.78, 5) is 53.5. The van der Waals surface area contributed by atoms with Crippen molar-refractivity contribution in [2.45, 2.75) is 32.2 Å². The van der Waals surface area contributed by atoms with E-state index in [2.05, 4.69) is 0 Å². The average Bonchev–Trinajstić information content (AvgIpc) is 2.87. The van der Waals surface area contributed by atoms with Crippen molar-refractivity contribution in [2.24, 2.45) is 0 Å². The molecule has 1 aliphatic rings. The van der Waals surface area contributed by atoms with Gasteiger partial charge in [0.25, 0.3) is 0 Å². The normalized spacial score (nSPS) is 17.8. The molecule has 0 aromatic heterocycles. The third-order valence-electron chi connectivity index (χ3n) is 6.85. The van der Waals surface area contributed by atoms with Crippen LogP contribution in [0.4, 0.5) is 0 Å². The first kappa shape index (κ1) is 32.9. The van der Waals surface area contributed by atoms with Crippen molar-refractivity contribution in [1.82, 2.24) is 19.6 Å². The molecule has 1 aliphatic heterocycles. The van der Waals surface area contributed by atoms with Gasteiger partial charge in [-0.25, -0.2) is 0 Å². The molecule has 0 spiro atoms. The Morgan fingerprint density at radius 2 is 1.15 bits per heavy atom. The fourth-order valence-electron chi connectivity index (χ4n) is 4.79. The Hall–Kier alpha value is -3.26. The third kappa shape index (κ3) is 12.7. The van der Waals surface area contributed by atoms with Crippen molar-refractivity contribution < 1.29 is 44.3 Å². The highest BCUT2D eigenvalue weighted by molar-refractivity contribution is 5.73. The van der Waals surface area contributed by atoms with Crippen molar-refractivity contribution >= 4 is 23.9 Å². The van der Waals surface area contributed by atoms with Gasteiger partial charge in [-0.2, -0.15) is 0 Å². The second-order valence-electron chi connectivity index (χ2n) is 9.87. The summed E-state index contributed by atoms with van der Waals surface area (Å²) in [7, 11) is 0. The topological polar surface area (TPSA) is 171 Å². The smallest absolute Gasteiger partial charge is 0.320 e. The number of carboxylic acid groups (broad SMARTS) is 4. The average molecular weight is 567 g/mol. The van der Waals surface area contributed by atoms with Crippen LogP contribution in [0.2, 0.25) is 0 Å². The Kier molecular flexibility index (Phi) is 14.4. The van der Waals surface area contributed by atoms with Crippen molar-refractivity contribution in [3.63, 3.8) is 0 Å². The van der Waals surface area contributed by atoms with Crippen molar-refractivity contribution in [3.05, 3.63) is 29.8 Å². The second-order valence-corrected chi connectivity index (χ2v) is 9.87. The lowest BCUT2D eigenvalue weighted by Gasteiger charge is -2.35. The molecule has 1 unspecified atom stereocenters. The lowest BCUT2D eigenvalue weighted by atomic mass is 10.0. The molecular weight excluding hydrogens is 524 g/mol. The summed E-state index contributed by atoms with van der Waals surface area (Å²) in [5.74, 6) is -3.29. The Bertz CT molecular complexity index is 928. The van der Waals surface area contributed by atoms with Gasteiger partial charge in [-0.05, 0) is 43.9 Å². The molecule has 13 heteroatoms. The van der Waals surface area contributed by atoms with E-state index >= 15 is 0 Å². The standard InChI is InChI=1S/C27H42N4O9/c1-2-40-22-8-6-21(7-9-22)4-3-5-23(27(38)39)31-16-14-29(19-25(34)35)12-10-28(18-24(32)33)11-13-30(15-17-31)20-26(36)37/h6-9,23H,2-5,10-20H2,1H3,(H,32,33)(H,34,35)(H,36,37)(H,38,39). The van der Waals surface area contributed by atoms with Gasteiger partial charge < -0.3 is 25.2 Å². The SMILES string of the molecule is CCOc1ccc(CCCC(C(=O)O)N2CCN(CC(=O)O)CCN(CC(=O)O)CCN(CC(=O)O)CC2)cc1. The first-order chi connectivity index (χ1) is 19.1. The summed E-state index contributed by atoms with van der Waals surface area (Å²) in [5.41, 5.74) is 1.06. The van der Waals surface area contributed by atoms with E-state index in [1.807, 2.05) is 31.2 Å². The molecule has 1 heterocycles. The van der Waals surface area contributed by atoms with Gasteiger partial charge in [0.05, 0.1) is 26.2 Å². The highest BCUT2D eigenvalue weighted by Crippen LogP contribution is 2.16. The molecule has 13 nitrogen and oxygen atoms in total. The molecular formula is C27H42N4O9. The van der Waals surface area contributed by atoms with Gasteiger partial charge in [0.1, 0.15) is 11.8 Å². The molecule has 2 rings (SSSR count). The monoisotopic (exact) mass is 566 g/mol. The maximum atomic E-state index is 12.4. The number of rotatable bonds is 14. The Labute approximate surface area is 234 Å². The van der Waals surface area contributed by atoms with Crippen LogP contribution in [0.5, 0.6) is 5.75 Å². The lowest BCUT2D eigenvalue weighted by molar-refractivity contribution is -0.145. The molecule has 0 saturated carbocycles. The minimum absolute atomic E-state index is 0.247. The molecule has 1 saturated heterocycles. The van der Waals surface area contributed by atoms with E-state index in [0.717, 1.165) is 11.3 Å². The molecule has 1 atom stereocenters. The zero-order valence-electron chi connectivity index (χ0n) is 23.1. The van der Waals surface area contributed by atoms with Crippen LogP contribution in [0.3, 0.4) is 0 Å². The number of carboxylic acids is 4. The maximum absolute atomic E-state index is 12.4. The van der Waals surface area contributed by atoms with Crippen LogP contribution < -0.4 is 4.74 Å². The fourth-order valence-corrected chi connectivity index (χ4v) is 4.79. The number of ether oxygens (including phenoxy) is 1. The lowest BCUT2D eigenvalue weighted by Crippen LogP contribution is -2.51. The molecule has 0 aliphatic carbocycles. The number of aryl methyl sites for hydroxylation is 1. The van der Waals surface area contributed by atoms with Crippen LogP contribution in [0.1, 0.15) is 25.3 Å². The Balaban J connectivity index is 2.16. The van der Waals surface area contributed by atoms with Gasteiger partial charge >= 0.3 is 23.9 Å². The molecule has 0 bridgehead atoms. The summed E-state index contributed by atoms with van der Waals surface area (Å²) in [5, 5.41) is 38.2. The zero-order chi connectivity index (χ0) is 29.5. The van der Waals surface area contributed by atoms with E-state index < -0.39 is 29.9 Å². The number of aliphatic carboxylic acids is 4. The van der Waals surface area contributed by atoms with E-state index in [0.29, 0.717) is 25.9 Å². The summed E-state index contributed by atoms with van der Waals surface area (Å²) < 4.78 is 5.47. The van der Waals surface area contributed by atoms with Gasteiger partial charge in [0.15, 0.2) is 0 Å². The molecule has 1 aromatic rings. The van der Waals surface area contributed by atoms with Gasteiger partial charge in [-0.1, -0.05) is 12.1 Å². The molecule has 4 N–H and O–H groups in total. The minimum Gasteiger partial charge on any atom is -0.494 e. The number of hydrogen-bond donors (Lipinski definition) is 4. The number of carbonyl (C=O) groups is 4. The third-order valence-corrected chi connectivity index (χ3v) is 6.85. The van der Waals surface area contributed by atoms with Crippen LogP contribution >= 0.6 is 0 Å². The summed E-state index contributed by atoms with van der Waals surface area (Å²) in [6.07, 6.45) is 1.66. The van der Waals surface area contributed by atoms with Crippen molar-refractivity contribution in [2.75, 3.05) is 78.6 Å². The van der Waals surface area contributed by atoms with Crippen LogP contribution in [0.25, 0.3) is 0 Å². The van der Waals surface area contributed by atoms with E-state index in [1.165, 1.54) is 0 Å². The van der Waals surface area contributed by atoms with Crippen LogP contribution in [0.15, 0.2) is 24.3 Å². The number of hydrogen-bond acceptors (Lipinski definition) is 9. The van der Waals surface area contributed by atoms with Gasteiger partial charge in [0, 0.05) is 52.4 Å². The first-order valence-electron chi connectivity index (χ1n) is 13.6. The molecule has 1 fully saturated rings. The summed E-state index contributed by atoms with van der Waals surface area (Å²) in [6.45, 7) is 3.94. The highest BCUT2D eigenvalue weighted by atomic mass is 16.5. The van der Waals surface area contributed by atoms with E-state index in [-0.39, 0.29) is 72.0 Å².